The highest BCUT2D eigenvalue weighted by atomic mass is 19.4. The van der Waals surface area contributed by atoms with Gasteiger partial charge in [-0.1, -0.05) is 6.07 Å². The van der Waals surface area contributed by atoms with Crippen molar-refractivity contribution in [1.29, 1.82) is 0 Å². The van der Waals surface area contributed by atoms with Crippen LogP contribution in [-0.4, -0.2) is 19.8 Å². The summed E-state index contributed by atoms with van der Waals surface area (Å²) in [5, 5.41) is 2.99. The molecule has 1 aromatic rings. The highest BCUT2D eigenvalue weighted by Crippen LogP contribution is 2.31. The number of ether oxygens (including phenoxy) is 1. The fourth-order valence-electron chi connectivity index (χ4n) is 1.75. The summed E-state index contributed by atoms with van der Waals surface area (Å²) in [4.78, 5) is 0. The fraction of sp³-hybridized carbons (Fsp3) is 0.455. The Kier molecular flexibility index (Phi) is 3.35. The summed E-state index contributed by atoms with van der Waals surface area (Å²) in [6.07, 6.45) is -4.52. The van der Waals surface area contributed by atoms with Crippen molar-refractivity contribution >= 4 is 0 Å². The summed E-state index contributed by atoms with van der Waals surface area (Å²) in [6, 6.07) is 2.18. The molecule has 1 aliphatic heterocycles. The van der Waals surface area contributed by atoms with Crippen LogP contribution in [0, 0.1) is 5.82 Å². The second-order valence-electron chi connectivity index (χ2n) is 3.82. The summed E-state index contributed by atoms with van der Waals surface area (Å²) < 4.78 is 55.7. The van der Waals surface area contributed by atoms with E-state index in [1.54, 1.807) is 0 Å². The lowest BCUT2D eigenvalue weighted by Crippen LogP contribution is -2.35. The Morgan fingerprint density at radius 1 is 1.29 bits per heavy atom. The Hall–Kier alpha value is -1.14. The van der Waals surface area contributed by atoms with Gasteiger partial charge < -0.3 is 10.1 Å². The molecule has 0 unspecified atom stereocenters. The van der Waals surface area contributed by atoms with E-state index in [4.69, 9.17) is 4.74 Å². The first-order valence-electron chi connectivity index (χ1n) is 5.16. The molecule has 1 heterocycles. The second-order valence-corrected chi connectivity index (χ2v) is 3.82. The minimum Gasteiger partial charge on any atom is -0.378 e. The Morgan fingerprint density at radius 3 is 2.59 bits per heavy atom. The van der Waals surface area contributed by atoms with E-state index in [2.05, 4.69) is 5.32 Å². The Morgan fingerprint density at radius 2 is 2.06 bits per heavy atom. The van der Waals surface area contributed by atoms with Crippen LogP contribution in [0.4, 0.5) is 17.6 Å². The molecular formula is C11H11F4NO. The van der Waals surface area contributed by atoms with Crippen LogP contribution in [-0.2, 0) is 10.9 Å². The fourth-order valence-corrected chi connectivity index (χ4v) is 1.75. The number of alkyl halides is 3. The van der Waals surface area contributed by atoms with Gasteiger partial charge in [-0.15, -0.1) is 0 Å². The molecule has 0 aliphatic carbocycles. The second kappa shape index (κ2) is 4.62. The zero-order chi connectivity index (χ0) is 12.5. The Bertz CT molecular complexity index is 399. The third-order valence-corrected chi connectivity index (χ3v) is 2.62. The molecule has 0 amide bonds. The third-order valence-electron chi connectivity index (χ3n) is 2.62. The van der Waals surface area contributed by atoms with Crippen LogP contribution >= 0.6 is 0 Å². The van der Waals surface area contributed by atoms with Crippen LogP contribution in [0.1, 0.15) is 17.2 Å². The van der Waals surface area contributed by atoms with Gasteiger partial charge in [-0.25, -0.2) is 4.39 Å². The molecule has 2 rings (SSSR count). The molecule has 1 N–H and O–H groups in total. The molecule has 94 valence electrons. The average molecular weight is 249 g/mol. The summed E-state index contributed by atoms with van der Waals surface area (Å²) >= 11 is 0. The van der Waals surface area contributed by atoms with E-state index in [1.165, 1.54) is 0 Å². The van der Waals surface area contributed by atoms with Gasteiger partial charge in [-0.05, 0) is 12.1 Å². The molecule has 1 saturated heterocycles. The molecule has 1 aromatic carbocycles. The first kappa shape index (κ1) is 12.3. The monoisotopic (exact) mass is 249 g/mol. The summed E-state index contributed by atoms with van der Waals surface area (Å²) in [5.41, 5.74) is -0.770. The highest BCUT2D eigenvalue weighted by molar-refractivity contribution is 5.28. The number of halogens is 4. The van der Waals surface area contributed by atoms with Gasteiger partial charge in [0.1, 0.15) is 5.82 Å². The Balaban J connectivity index is 2.25. The van der Waals surface area contributed by atoms with Crippen LogP contribution < -0.4 is 5.32 Å². The van der Waals surface area contributed by atoms with Crippen LogP contribution in [0.2, 0.25) is 0 Å². The number of rotatable bonds is 1. The molecule has 1 aliphatic rings. The number of benzene rings is 1. The topological polar surface area (TPSA) is 21.3 Å². The van der Waals surface area contributed by atoms with E-state index >= 15 is 0 Å². The maximum atomic E-state index is 13.6. The lowest BCUT2D eigenvalue weighted by molar-refractivity contribution is -0.137. The van der Waals surface area contributed by atoms with Crippen molar-refractivity contribution in [2.45, 2.75) is 12.2 Å². The molecule has 2 nitrogen and oxygen atoms in total. The van der Waals surface area contributed by atoms with E-state index in [0.29, 0.717) is 19.2 Å². The highest BCUT2D eigenvalue weighted by Gasteiger charge is 2.32. The molecule has 0 aromatic heterocycles. The maximum absolute atomic E-state index is 13.6. The van der Waals surface area contributed by atoms with Crippen molar-refractivity contribution in [3.05, 3.63) is 35.1 Å². The quantitative estimate of drug-likeness (QED) is 0.772. The van der Waals surface area contributed by atoms with Crippen LogP contribution in [0.25, 0.3) is 0 Å². The summed E-state index contributed by atoms with van der Waals surface area (Å²) in [6.45, 7) is 1.35. The molecule has 0 radical (unpaired) electrons. The van der Waals surface area contributed by atoms with Crippen molar-refractivity contribution in [3.8, 4) is 0 Å². The zero-order valence-corrected chi connectivity index (χ0v) is 8.85. The van der Waals surface area contributed by atoms with Crippen molar-refractivity contribution < 1.29 is 22.3 Å². The van der Waals surface area contributed by atoms with Gasteiger partial charge in [-0.2, -0.15) is 13.2 Å². The summed E-state index contributed by atoms with van der Waals surface area (Å²) in [7, 11) is 0. The molecule has 1 fully saturated rings. The maximum Gasteiger partial charge on any atom is 0.416 e. The van der Waals surface area contributed by atoms with Gasteiger partial charge >= 0.3 is 6.18 Å². The minimum atomic E-state index is -4.52. The van der Waals surface area contributed by atoms with E-state index in [0.717, 1.165) is 12.1 Å². The molecule has 0 saturated carbocycles. The smallest absolute Gasteiger partial charge is 0.378 e. The van der Waals surface area contributed by atoms with Gasteiger partial charge in [0.2, 0.25) is 0 Å². The number of morpholine rings is 1. The molecule has 6 heteroatoms. The minimum absolute atomic E-state index is 0.206. The zero-order valence-electron chi connectivity index (χ0n) is 8.85. The SMILES string of the molecule is Fc1cc(C(F)(F)F)ccc1[C@@H]1COCCN1. The van der Waals surface area contributed by atoms with Crippen molar-refractivity contribution in [1.82, 2.24) is 5.32 Å². The standard InChI is InChI=1S/C11H11F4NO/c12-9-5-7(11(13,14)15)1-2-8(9)10-6-17-4-3-16-10/h1-2,5,10,16H,3-4,6H2/t10-/m0/s1. The van der Waals surface area contributed by atoms with Gasteiger partial charge in [0.05, 0.1) is 24.8 Å². The molecule has 0 spiro atoms. The van der Waals surface area contributed by atoms with E-state index in [-0.39, 0.29) is 18.2 Å². The molecular weight excluding hydrogens is 238 g/mol. The summed E-state index contributed by atoms with van der Waals surface area (Å²) in [5.74, 6) is -0.858. The number of nitrogens with one attached hydrogen (secondary N) is 1. The lowest BCUT2D eigenvalue weighted by Gasteiger charge is -2.24. The molecule has 17 heavy (non-hydrogen) atoms. The molecule has 1 atom stereocenters. The van der Waals surface area contributed by atoms with Crippen molar-refractivity contribution in [2.24, 2.45) is 0 Å². The first-order chi connectivity index (χ1) is 7.98. The van der Waals surface area contributed by atoms with Gasteiger partial charge in [-0.3, -0.25) is 0 Å². The lowest BCUT2D eigenvalue weighted by atomic mass is 10.0. The van der Waals surface area contributed by atoms with Crippen LogP contribution in [0.15, 0.2) is 18.2 Å². The van der Waals surface area contributed by atoms with E-state index < -0.39 is 17.6 Å². The van der Waals surface area contributed by atoms with Crippen LogP contribution in [0.5, 0.6) is 0 Å². The predicted octanol–water partition coefficient (Wildman–Crippen LogP) is 2.51. The first-order valence-corrected chi connectivity index (χ1v) is 5.16. The average Bonchev–Trinajstić information content (AvgIpc) is 2.29. The van der Waals surface area contributed by atoms with Gasteiger partial charge in [0, 0.05) is 12.1 Å². The van der Waals surface area contributed by atoms with Gasteiger partial charge in [0.15, 0.2) is 0 Å². The Labute approximate surface area is 95.6 Å². The normalized spacial score (nSPS) is 21.5. The number of hydrogen-bond donors (Lipinski definition) is 1. The predicted molar refractivity (Wildman–Crippen MR) is 53.0 cm³/mol. The van der Waals surface area contributed by atoms with E-state index in [1.807, 2.05) is 0 Å². The van der Waals surface area contributed by atoms with Gasteiger partial charge in [0.25, 0.3) is 0 Å². The van der Waals surface area contributed by atoms with E-state index in [9.17, 15) is 17.6 Å². The van der Waals surface area contributed by atoms with Crippen LogP contribution in [0.3, 0.4) is 0 Å². The van der Waals surface area contributed by atoms with Crippen molar-refractivity contribution in [2.75, 3.05) is 19.8 Å². The van der Waals surface area contributed by atoms with Crippen molar-refractivity contribution in [3.63, 3.8) is 0 Å². The third kappa shape index (κ3) is 2.76. The largest absolute Gasteiger partial charge is 0.416 e. The number of hydrogen-bond acceptors (Lipinski definition) is 2. The molecule has 0 bridgehead atoms.